The molecule has 2 rings (SSSR count). The van der Waals surface area contributed by atoms with Crippen molar-refractivity contribution in [3.63, 3.8) is 0 Å². The van der Waals surface area contributed by atoms with Crippen LogP contribution in [0.1, 0.15) is 114 Å². The normalized spacial score (nSPS) is 20.0. The van der Waals surface area contributed by atoms with E-state index in [1.54, 1.807) is 0 Å². The van der Waals surface area contributed by atoms with Crippen molar-refractivity contribution in [2.24, 2.45) is 5.41 Å². The molecule has 1 N–H and O–H groups in total. The molecule has 0 bridgehead atoms. The molecule has 1 amide bonds. The minimum atomic E-state index is -0.0475. The number of amides is 1. The molecule has 0 radical (unpaired) electrons. The standard InChI is InChI=1S/C31H62N4O2/c1-28(2,3)35-21-19-34(20-22-35)27(36)13-11-12-16-30(7,8)25-31(9,10)32-26-14-17-33(18-15-26)23-24-37-29(4,5)6/h26,32H,11-25H2,1-10H3. The molecule has 2 aliphatic heterocycles. The lowest BCUT2D eigenvalue weighted by Gasteiger charge is -2.42. The molecule has 37 heavy (non-hydrogen) atoms. The number of nitrogens with zero attached hydrogens (tertiary/aromatic N) is 3. The summed E-state index contributed by atoms with van der Waals surface area (Å²) in [6.07, 6.45) is 7.60. The Morgan fingerprint density at radius 2 is 1.43 bits per heavy atom. The molecule has 0 spiro atoms. The van der Waals surface area contributed by atoms with Gasteiger partial charge in [0.1, 0.15) is 0 Å². The van der Waals surface area contributed by atoms with E-state index in [2.05, 4.69) is 89.3 Å². The van der Waals surface area contributed by atoms with Crippen molar-refractivity contribution in [3.8, 4) is 0 Å². The van der Waals surface area contributed by atoms with Gasteiger partial charge in [0.15, 0.2) is 0 Å². The SMILES string of the molecule is CC(C)(CCCCC(=O)N1CCN(C(C)(C)C)CC1)CC(C)(C)NC1CCN(CCOC(C)(C)C)CC1. The van der Waals surface area contributed by atoms with E-state index in [-0.39, 0.29) is 22.1 Å². The number of carbonyl (C=O) groups excluding carboxylic acids is 1. The molecule has 0 atom stereocenters. The van der Waals surface area contributed by atoms with Crippen LogP contribution in [0.5, 0.6) is 0 Å². The predicted molar refractivity (Wildman–Crippen MR) is 157 cm³/mol. The van der Waals surface area contributed by atoms with Crippen LogP contribution in [0.3, 0.4) is 0 Å². The Morgan fingerprint density at radius 3 is 1.97 bits per heavy atom. The molecule has 0 unspecified atom stereocenters. The third-order valence-corrected chi connectivity index (χ3v) is 8.12. The Kier molecular flexibility index (Phi) is 11.9. The van der Waals surface area contributed by atoms with Crippen molar-refractivity contribution in [2.75, 3.05) is 52.4 Å². The van der Waals surface area contributed by atoms with E-state index in [9.17, 15) is 4.79 Å². The van der Waals surface area contributed by atoms with Crippen molar-refractivity contribution < 1.29 is 9.53 Å². The number of piperidine rings is 1. The van der Waals surface area contributed by atoms with E-state index < -0.39 is 0 Å². The molecule has 0 aromatic heterocycles. The fourth-order valence-corrected chi connectivity index (χ4v) is 6.33. The molecule has 0 aromatic rings. The van der Waals surface area contributed by atoms with E-state index in [1.165, 1.54) is 19.3 Å². The first-order valence-electron chi connectivity index (χ1n) is 15.1. The molecule has 2 saturated heterocycles. The molecule has 0 saturated carbocycles. The number of piperazine rings is 1. The lowest BCUT2D eigenvalue weighted by molar-refractivity contribution is -0.133. The van der Waals surface area contributed by atoms with Crippen LogP contribution in [-0.4, -0.2) is 95.7 Å². The minimum Gasteiger partial charge on any atom is -0.375 e. The molecule has 6 heteroatoms. The van der Waals surface area contributed by atoms with Crippen LogP contribution in [0, 0.1) is 5.41 Å². The first-order chi connectivity index (χ1) is 17.0. The highest BCUT2D eigenvalue weighted by Crippen LogP contribution is 2.34. The van der Waals surface area contributed by atoms with Crippen LogP contribution in [0.15, 0.2) is 0 Å². The van der Waals surface area contributed by atoms with E-state index >= 15 is 0 Å². The molecule has 2 aliphatic rings. The summed E-state index contributed by atoms with van der Waals surface area (Å²) in [6, 6.07) is 0.599. The van der Waals surface area contributed by atoms with Crippen LogP contribution in [0.2, 0.25) is 0 Å². The predicted octanol–water partition coefficient (Wildman–Crippen LogP) is 5.55. The average molecular weight is 523 g/mol. The van der Waals surface area contributed by atoms with Crippen molar-refractivity contribution >= 4 is 5.91 Å². The zero-order valence-corrected chi connectivity index (χ0v) is 26.3. The van der Waals surface area contributed by atoms with Crippen LogP contribution in [0.4, 0.5) is 0 Å². The van der Waals surface area contributed by atoms with Crippen molar-refractivity contribution in [3.05, 3.63) is 0 Å². The second kappa shape index (κ2) is 13.6. The van der Waals surface area contributed by atoms with Gasteiger partial charge in [-0.1, -0.05) is 20.3 Å². The molecule has 2 heterocycles. The summed E-state index contributed by atoms with van der Waals surface area (Å²) in [4.78, 5) is 19.9. The quantitative estimate of drug-likeness (QED) is 0.340. The van der Waals surface area contributed by atoms with Gasteiger partial charge >= 0.3 is 0 Å². The third-order valence-electron chi connectivity index (χ3n) is 8.12. The van der Waals surface area contributed by atoms with E-state index in [0.717, 1.165) is 71.7 Å². The first kappa shape index (κ1) is 32.5. The number of rotatable bonds is 12. The summed E-state index contributed by atoms with van der Waals surface area (Å²) in [7, 11) is 0. The molecular weight excluding hydrogens is 460 g/mol. The van der Waals surface area contributed by atoms with Gasteiger partial charge < -0.3 is 19.9 Å². The maximum absolute atomic E-state index is 12.7. The zero-order chi connectivity index (χ0) is 27.9. The van der Waals surface area contributed by atoms with Gasteiger partial charge in [-0.2, -0.15) is 0 Å². The third kappa shape index (κ3) is 12.8. The van der Waals surface area contributed by atoms with E-state index in [4.69, 9.17) is 4.74 Å². The van der Waals surface area contributed by atoms with Crippen LogP contribution < -0.4 is 5.32 Å². The van der Waals surface area contributed by atoms with Gasteiger partial charge in [-0.15, -0.1) is 0 Å². The number of ether oxygens (including phenoxy) is 1. The average Bonchev–Trinajstić information content (AvgIpc) is 2.75. The highest BCUT2D eigenvalue weighted by atomic mass is 16.5. The fraction of sp³-hybridized carbons (Fsp3) is 0.968. The highest BCUT2D eigenvalue weighted by molar-refractivity contribution is 5.76. The number of unbranched alkanes of at least 4 members (excludes halogenated alkanes) is 1. The number of likely N-dealkylation sites (tertiary alicyclic amines) is 1. The molecule has 6 nitrogen and oxygen atoms in total. The maximum atomic E-state index is 12.7. The monoisotopic (exact) mass is 522 g/mol. The summed E-state index contributed by atoms with van der Waals surface area (Å²) >= 11 is 0. The Hall–Kier alpha value is -0.690. The Labute approximate surface area is 230 Å². The molecular formula is C31H62N4O2. The van der Waals surface area contributed by atoms with E-state index in [1.807, 2.05) is 0 Å². The topological polar surface area (TPSA) is 48.1 Å². The van der Waals surface area contributed by atoms with Gasteiger partial charge in [0, 0.05) is 56.3 Å². The first-order valence-corrected chi connectivity index (χ1v) is 15.1. The molecule has 0 aliphatic carbocycles. The lowest BCUT2D eigenvalue weighted by Crippen LogP contribution is -2.54. The second-order valence-corrected chi connectivity index (χ2v) is 15.2. The van der Waals surface area contributed by atoms with Gasteiger partial charge in [-0.25, -0.2) is 0 Å². The van der Waals surface area contributed by atoms with Gasteiger partial charge in [-0.3, -0.25) is 9.69 Å². The lowest BCUT2D eigenvalue weighted by atomic mass is 9.76. The van der Waals surface area contributed by atoms with Crippen molar-refractivity contribution in [2.45, 2.75) is 137 Å². The van der Waals surface area contributed by atoms with E-state index in [0.29, 0.717) is 18.4 Å². The van der Waals surface area contributed by atoms with Gasteiger partial charge in [0.2, 0.25) is 5.91 Å². The minimum absolute atomic E-state index is 0.0475. The Bertz CT molecular complexity index is 676. The maximum Gasteiger partial charge on any atom is 0.222 e. The molecule has 2 fully saturated rings. The van der Waals surface area contributed by atoms with Gasteiger partial charge in [0.25, 0.3) is 0 Å². The van der Waals surface area contributed by atoms with Crippen LogP contribution >= 0.6 is 0 Å². The Morgan fingerprint density at radius 1 is 0.838 bits per heavy atom. The summed E-state index contributed by atoms with van der Waals surface area (Å²) < 4.78 is 5.91. The molecule has 218 valence electrons. The van der Waals surface area contributed by atoms with Crippen molar-refractivity contribution in [1.82, 2.24) is 20.0 Å². The number of carbonyl (C=O) groups is 1. The largest absolute Gasteiger partial charge is 0.375 e. The number of hydrogen-bond donors (Lipinski definition) is 1. The number of hydrogen-bond acceptors (Lipinski definition) is 5. The summed E-state index contributed by atoms with van der Waals surface area (Å²) in [6.45, 7) is 30.6. The Balaban J connectivity index is 1.63. The summed E-state index contributed by atoms with van der Waals surface area (Å²) in [5.74, 6) is 0.352. The van der Waals surface area contributed by atoms with Crippen LogP contribution in [0.25, 0.3) is 0 Å². The summed E-state index contributed by atoms with van der Waals surface area (Å²) in [5.41, 5.74) is 0.535. The fourth-order valence-electron chi connectivity index (χ4n) is 6.33. The van der Waals surface area contributed by atoms with Gasteiger partial charge in [0.05, 0.1) is 12.2 Å². The smallest absolute Gasteiger partial charge is 0.222 e. The zero-order valence-electron chi connectivity index (χ0n) is 26.3. The number of nitrogens with one attached hydrogen (secondary N) is 1. The molecule has 0 aromatic carbocycles. The second-order valence-electron chi connectivity index (χ2n) is 15.2. The summed E-state index contributed by atoms with van der Waals surface area (Å²) in [5, 5.41) is 4.00. The van der Waals surface area contributed by atoms with Gasteiger partial charge in [-0.05, 0) is 106 Å². The van der Waals surface area contributed by atoms with Crippen molar-refractivity contribution in [1.29, 1.82) is 0 Å². The highest BCUT2D eigenvalue weighted by Gasteiger charge is 2.32. The van der Waals surface area contributed by atoms with Crippen LogP contribution in [-0.2, 0) is 9.53 Å².